The van der Waals surface area contributed by atoms with E-state index in [1.54, 1.807) is 13.8 Å². The summed E-state index contributed by atoms with van der Waals surface area (Å²) in [6.45, 7) is 3.33. The summed E-state index contributed by atoms with van der Waals surface area (Å²) >= 11 is 0. The van der Waals surface area contributed by atoms with E-state index < -0.39 is 97.0 Å². The van der Waals surface area contributed by atoms with Crippen LogP contribution in [-0.4, -0.2) is 122 Å². The number of rotatable bonds is 16. The Morgan fingerprint density at radius 2 is 1.41 bits per heavy atom. The lowest BCUT2D eigenvalue weighted by atomic mass is 10.0. The first kappa shape index (κ1) is 35.9. The first-order valence-corrected chi connectivity index (χ1v) is 14.5. The second-order valence-corrected chi connectivity index (χ2v) is 11.4. The Kier molecular flexibility index (Phi) is 13.5. The predicted molar refractivity (Wildman–Crippen MR) is 151 cm³/mol. The maximum Gasteiger partial charge on any atom is 0.326 e. The van der Waals surface area contributed by atoms with Crippen LogP contribution in [0.2, 0.25) is 0 Å². The molecule has 246 valence electrons. The summed E-state index contributed by atoms with van der Waals surface area (Å²) in [6, 6.07) is -5.90. The van der Waals surface area contributed by atoms with Crippen molar-refractivity contribution >= 4 is 47.4 Å². The number of aliphatic carboxylic acids is 3. The van der Waals surface area contributed by atoms with Crippen molar-refractivity contribution in [1.82, 2.24) is 25.8 Å². The van der Waals surface area contributed by atoms with Crippen LogP contribution in [0.25, 0.3) is 0 Å². The standard InChI is InChI=1S/C27H42N6O11/c1-14(2)11-17(23(39)31-16(7-8-21(35)36)26(42)33-10-4-6-19(33)27(43)44)30-20(34)13-29-24(40)18-5-3-9-32(18)25(41)15(28)12-22(37)38/h14-19H,3-13,28H2,1-2H3,(H,29,40)(H,30,34)(H,31,39)(H,35,36)(H,37,38)(H,43,44)/t15-,16-,17-,18-,19-/m0/s1. The van der Waals surface area contributed by atoms with Gasteiger partial charge < -0.3 is 46.8 Å². The van der Waals surface area contributed by atoms with Crippen molar-refractivity contribution in [2.45, 2.75) is 95.4 Å². The summed E-state index contributed by atoms with van der Waals surface area (Å²) in [4.78, 5) is 101. The molecule has 0 radical (unpaired) electrons. The Balaban J connectivity index is 2.06. The number of carbonyl (C=O) groups is 8. The molecule has 0 bridgehead atoms. The van der Waals surface area contributed by atoms with E-state index in [0.717, 1.165) is 4.90 Å². The van der Waals surface area contributed by atoms with E-state index in [-0.39, 0.29) is 44.7 Å². The maximum absolute atomic E-state index is 13.3. The maximum atomic E-state index is 13.3. The molecule has 2 fully saturated rings. The molecule has 2 saturated heterocycles. The molecule has 0 aromatic rings. The van der Waals surface area contributed by atoms with Gasteiger partial charge in [0.05, 0.1) is 19.0 Å². The average molecular weight is 627 g/mol. The SMILES string of the molecule is CC(C)C[C@H](NC(=O)CNC(=O)[C@@H]1CCCN1C(=O)[C@@H](N)CC(=O)O)C(=O)N[C@@H](CCC(=O)O)C(=O)N1CCC[C@H]1C(=O)O. The van der Waals surface area contributed by atoms with Gasteiger partial charge in [-0.1, -0.05) is 13.8 Å². The topological polar surface area (TPSA) is 266 Å². The van der Waals surface area contributed by atoms with Gasteiger partial charge >= 0.3 is 17.9 Å². The zero-order valence-electron chi connectivity index (χ0n) is 24.8. The molecule has 0 aromatic carbocycles. The lowest BCUT2D eigenvalue weighted by Gasteiger charge is -2.29. The van der Waals surface area contributed by atoms with E-state index in [0.29, 0.717) is 12.8 Å². The van der Waals surface area contributed by atoms with Crippen molar-refractivity contribution in [1.29, 1.82) is 0 Å². The fraction of sp³-hybridized carbons (Fsp3) is 0.704. The van der Waals surface area contributed by atoms with Crippen LogP contribution in [0.3, 0.4) is 0 Å². The first-order valence-electron chi connectivity index (χ1n) is 14.5. The third-order valence-corrected chi connectivity index (χ3v) is 7.41. The van der Waals surface area contributed by atoms with Crippen LogP contribution in [0, 0.1) is 5.92 Å². The molecular weight excluding hydrogens is 584 g/mol. The van der Waals surface area contributed by atoms with Crippen molar-refractivity contribution in [2.24, 2.45) is 11.7 Å². The number of nitrogens with one attached hydrogen (secondary N) is 3. The fourth-order valence-corrected chi connectivity index (χ4v) is 5.31. The van der Waals surface area contributed by atoms with Crippen LogP contribution in [0.15, 0.2) is 0 Å². The van der Waals surface area contributed by atoms with E-state index >= 15 is 0 Å². The van der Waals surface area contributed by atoms with E-state index in [9.17, 15) is 43.5 Å². The number of carbonyl (C=O) groups excluding carboxylic acids is 5. The zero-order chi connectivity index (χ0) is 33.1. The van der Waals surface area contributed by atoms with Gasteiger partial charge in [0.15, 0.2) is 0 Å². The molecule has 0 aromatic heterocycles. The summed E-state index contributed by atoms with van der Waals surface area (Å²) in [5, 5.41) is 34.9. The molecule has 17 nitrogen and oxygen atoms in total. The molecule has 5 amide bonds. The highest BCUT2D eigenvalue weighted by molar-refractivity contribution is 5.96. The van der Waals surface area contributed by atoms with E-state index in [1.807, 2.05) is 0 Å². The number of hydrogen-bond donors (Lipinski definition) is 7. The number of nitrogens with zero attached hydrogens (tertiary/aromatic N) is 2. The van der Waals surface area contributed by atoms with Crippen molar-refractivity contribution in [3.8, 4) is 0 Å². The number of carboxylic acids is 3. The quantitative estimate of drug-likeness (QED) is 0.0967. The smallest absolute Gasteiger partial charge is 0.326 e. The third-order valence-electron chi connectivity index (χ3n) is 7.41. The van der Waals surface area contributed by atoms with Crippen LogP contribution < -0.4 is 21.7 Å². The lowest BCUT2D eigenvalue weighted by molar-refractivity contribution is -0.150. The van der Waals surface area contributed by atoms with Gasteiger partial charge in [0.2, 0.25) is 29.5 Å². The number of likely N-dealkylation sites (tertiary alicyclic amines) is 2. The van der Waals surface area contributed by atoms with Crippen molar-refractivity contribution < 1.29 is 53.7 Å². The Hall–Kier alpha value is -4.28. The van der Waals surface area contributed by atoms with Crippen LogP contribution >= 0.6 is 0 Å². The first-order chi connectivity index (χ1) is 20.6. The van der Waals surface area contributed by atoms with Gasteiger partial charge in [0, 0.05) is 19.5 Å². The van der Waals surface area contributed by atoms with Gasteiger partial charge in [0.1, 0.15) is 24.2 Å². The van der Waals surface area contributed by atoms with Crippen LogP contribution in [-0.2, 0) is 38.4 Å². The predicted octanol–water partition coefficient (Wildman–Crippen LogP) is -2.15. The molecular formula is C27H42N6O11. The molecule has 2 aliphatic heterocycles. The Morgan fingerprint density at radius 1 is 0.818 bits per heavy atom. The monoisotopic (exact) mass is 626 g/mol. The average Bonchev–Trinajstić information content (AvgIpc) is 3.62. The van der Waals surface area contributed by atoms with Crippen molar-refractivity contribution in [2.75, 3.05) is 19.6 Å². The summed E-state index contributed by atoms with van der Waals surface area (Å²) in [6.07, 6.45) is 0.154. The van der Waals surface area contributed by atoms with Gasteiger partial charge in [-0.25, -0.2) is 4.79 Å². The highest BCUT2D eigenvalue weighted by atomic mass is 16.4. The molecule has 0 spiro atoms. The van der Waals surface area contributed by atoms with Gasteiger partial charge in [-0.3, -0.25) is 33.6 Å². The second-order valence-electron chi connectivity index (χ2n) is 11.4. The van der Waals surface area contributed by atoms with Gasteiger partial charge in [-0.05, 0) is 44.4 Å². The summed E-state index contributed by atoms with van der Waals surface area (Å²) < 4.78 is 0. The number of amides is 5. The zero-order valence-corrected chi connectivity index (χ0v) is 24.8. The molecule has 0 saturated carbocycles. The van der Waals surface area contributed by atoms with Gasteiger partial charge in [0.25, 0.3) is 0 Å². The van der Waals surface area contributed by atoms with Crippen LogP contribution in [0.4, 0.5) is 0 Å². The molecule has 2 aliphatic rings. The van der Waals surface area contributed by atoms with E-state index in [2.05, 4.69) is 16.0 Å². The number of carboxylic acid groups (broad SMARTS) is 3. The van der Waals surface area contributed by atoms with Gasteiger partial charge in [-0.2, -0.15) is 0 Å². The third kappa shape index (κ3) is 10.5. The largest absolute Gasteiger partial charge is 0.481 e. The molecule has 17 heteroatoms. The number of hydrogen-bond acceptors (Lipinski definition) is 9. The summed E-state index contributed by atoms with van der Waals surface area (Å²) in [5.41, 5.74) is 5.66. The van der Waals surface area contributed by atoms with Gasteiger partial charge in [-0.15, -0.1) is 0 Å². The highest BCUT2D eigenvalue weighted by Gasteiger charge is 2.39. The molecule has 8 N–H and O–H groups in total. The summed E-state index contributed by atoms with van der Waals surface area (Å²) in [7, 11) is 0. The molecule has 2 heterocycles. The van der Waals surface area contributed by atoms with Crippen LogP contribution in [0.1, 0.15) is 65.2 Å². The minimum absolute atomic E-state index is 0.114. The fourth-order valence-electron chi connectivity index (χ4n) is 5.31. The number of nitrogens with two attached hydrogens (primary N) is 1. The van der Waals surface area contributed by atoms with Crippen LogP contribution in [0.5, 0.6) is 0 Å². The molecule has 0 aliphatic carbocycles. The molecule has 0 unspecified atom stereocenters. The minimum Gasteiger partial charge on any atom is -0.481 e. The molecule has 44 heavy (non-hydrogen) atoms. The van der Waals surface area contributed by atoms with Crippen molar-refractivity contribution in [3.05, 3.63) is 0 Å². The lowest BCUT2D eigenvalue weighted by Crippen LogP contribution is -2.57. The Morgan fingerprint density at radius 3 is 1.95 bits per heavy atom. The normalized spacial score (nSPS) is 20.0. The van der Waals surface area contributed by atoms with E-state index in [4.69, 9.17) is 15.9 Å². The Bertz CT molecular complexity index is 1130. The minimum atomic E-state index is -1.34. The summed E-state index contributed by atoms with van der Waals surface area (Å²) in [5.74, 6) is -7.43. The van der Waals surface area contributed by atoms with E-state index in [1.165, 1.54) is 4.90 Å². The van der Waals surface area contributed by atoms with Crippen molar-refractivity contribution in [3.63, 3.8) is 0 Å². The molecule has 5 atom stereocenters. The second kappa shape index (κ2) is 16.5. The Labute approximate surface area is 253 Å². The molecule has 2 rings (SSSR count). The highest BCUT2D eigenvalue weighted by Crippen LogP contribution is 2.21.